The van der Waals surface area contributed by atoms with Gasteiger partial charge in [-0.15, -0.1) is 0 Å². The maximum atomic E-state index is 5.48. The molecule has 1 aromatic carbocycles. The summed E-state index contributed by atoms with van der Waals surface area (Å²) in [4.78, 5) is 0.499. The number of rotatable bonds is 3. The van der Waals surface area contributed by atoms with E-state index in [0.717, 1.165) is 18.8 Å². The SMILES string of the molecule is CCCC(Br)c1ccc2c(c1)CCO2. The monoisotopic (exact) mass is 254 g/mol. The molecule has 0 fully saturated rings. The number of ether oxygens (including phenoxy) is 1. The van der Waals surface area contributed by atoms with Crippen LogP contribution in [-0.2, 0) is 6.42 Å². The van der Waals surface area contributed by atoms with Crippen molar-refractivity contribution in [3.05, 3.63) is 29.3 Å². The molecule has 2 heteroatoms. The van der Waals surface area contributed by atoms with E-state index in [1.54, 1.807) is 0 Å². The highest BCUT2D eigenvalue weighted by molar-refractivity contribution is 9.09. The van der Waals surface area contributed by atoms with Crippen LogP contribution < -0.4 is 4.74 Å². The lowest BCUT2D eigenvalue weighted by Crippen LogP contribution is -1.90. The summed E-state index contributed by atoms with van der Waals surface area (Å²) in [6, 6.07) is 6.54. The smallest absolute Gasteiger partial charge is 0.122 e. The molecule has 1 unspecified atom stereocenters. The molecular formula is C12H15BrO. The predicted molar refractivity (Wildman–Crippen MR) is 62.2 cm³/mol. The third kappa shape index (κ3) is 1.95. The third-order valence-electron chi connectivity index (χ3n) is 2.62. The molecule has 0 amide bonds. The Morgan fingerprint density at radius 2 is 2.36 bits per heavy atom. The summed E-state index contributed by atoms with van der Waals surface area (Å²) in [5, 5.41) is 0. The highest BCUT2D eigenvalue weighted by atomic mass is 79.9. The molecule has 0 bridgehead atoms. The highest BCUT2D eigenvalue weighted by Crippen LogP contribution is 2.33. The van der Waals surface area contributed by atoms with Gasteiger partial charge in [0, 0.05) is 11.2 Å². The molecular weight excluding hydrogens is 240 g/mol. The van der Waals surface area contributed by atoms with Crippen LogP contribution in [0.1, 0.15) is 35.7 Å². The first-order valence-electron chi connectivity index (χ1n) is 5.21. The van der Waals surface area contributed by atoms with Crippen LogP contribution in [0.2, 0.25) is 0 Å². The number of halogens is 1. The molecule has 14 heavy (non-hydrogen) atoms. The highest BCUT2D eigenvalue weighted by Gasteiger charge is 2.14. The van der Waals surface area contributed by atoms with Crippen molar-refractivity contribution in [1.82, 2.24) is 0 Å². The lowest BCUT2D eigenvalue weighted by molar-refractivity contribution is 0.357. The quantitative estimate of drug-likeness (QED) is 0.745. The van der Waals surface area contributed by atoms with E-state index >= 15 is 0 Å². The summed E-state index contributed by atoms with van der Waals surface area (Å²) >= 11 is 3.71. The van der Waals surface area contributed by atoms with E-state index in [9.17, 15) is 0 Å². The van der Waals surface area contributed by atoms with Gasteiger partial charge in [-0.05, 0) is 23.6 Å². The Bertz CT molecular complexity index is 322. The van der Waals surface area contributed by atoms with Crippen molar-refractivity contribution < 1.29 is 4.74 Å². The second-order valence-electron chi connectivity index (χ2n) is 3.72. The van der Waals surface area contributed by atoms with Crippen molar-refractivity contribution >= 4 is 15.9 Å². The van der Waals surface area contributed by atoms with Crippen molar-refractivity contribution in [3.8, 4) is 5.75 Å². The second kappa shape index (κ2) is 4.35. The normalized spacial score (nSPS) is 16.1. The molecule has 0 N–H and O–H groups in total. The zero-order valence-electron chi connectivity index (χ0n) is 8.42. The van der Waals surface area contributed by atoms with Crippen LogP contribution in [0.25, 0.3) is 0 Å². The molecule has 0 saturated heterocycles. The van der Waals surface area contributed by atoms with Gasteiger partial charge in [0.2, 0.25) is 0 Å². The van der Waals surface area contributed by atoms with Gasteiger partial charge in [-0.1, -0.05) is 41.4 Å². The van der Waals surface area contributed by atoms with E-state index in [1.807, 2.05) is 0 Å². The van der Waals surface area contributed by atoms with Gasteiger partial charge < -0.3 is 4.74 Å². The predicted octanol–water partition coefficient (Wildman–Crippen LogP) is 3.86. The fraction of sp³-hybridized carbons (Fsp3) is 0.500. The molecule has 1 heterocycles. The summed E-state index contributed by atoms with van der Waals surface area (Å²) in [6.45, 7) is 3.06. The fourth-order valence-electron chi connectivity index (χ4n) is 1.82. The molecule has 0 aliphatic carbocycles. The maximum Gasteiger partial charge on any atom is 0.122 e. The number of benzene rings is 1. The number of alkyl halides is 1. The van der Waals surface area contributed by atoms with Gasteiger partial charge >= 0.3 is 0 Å². The Kier molecular flexibility index (Phi) is 3.12. The third-order valence-corrected chi connectivity index (χ3v) is 3.60. The molecule has 2 rings (SSSR count). The van der Waals surface area contributed by atoms with Crippen molar-refractivity contribution in [1.29, 1.82) is 0 Å². The Hall–Kier alpha value is -0.500. The van der Waals surface area contributed by atoms with Crippen LogP contribution in [0.15, 0.2) is 18.2 Å². The second-order valence-corrected chi connectivity index (χ2v) is 4.83. The van der Waals surface area contributed by atoms with E-state index in [0.29, 0.717) is 4.83 Å². The first-order chi connectivity index (χ1) is 6.81. The Morgan fingerprint density at radius 1 is 1.50 bits per heavy atom. The van der Waals surface area contributed by atoms with Crippen LogP contribution in [-0.4, -0.2) is 6.61 Å². The van der Waals surface area contributed by atoms with Gasteiger partial charge in [0.1, 0.15) is 5.75 Å². The number of hydrogen-bond acceptors (Lipinski definition) is 1. The van der Waals surface area contributed by atoms with Crippen LogP contribution in [0.5, 0.6) is 5.75 Å². The zero-order valence-corrected chi connectivity index (χ0v) is 10.0. The van der Waals surface area contributed by atoms with Gasteiger partial charge in [0.25, 0.3) is 0 Å². The summed E-state index contributed by atoms with van der Waals surface area (Å²) in [5.41, 5.74) is 2.75. The van der Waals surface area contributed by atoms with E-state index in [1.165, 1.54) is 24.0 Å². The Morgan fingerprint density at radius 3 is 3.14 bits per heavy atom. The van der Waals surface area contributed by atoms with Gasteiger partial charge in [0.05, 0.1) is 6.61 Å². The molecule has 1 aliphatic heterocycles. The number of fused-ring (bicyclic) bond motifs is 1. The molecule has 1 aliphatic rings. The molecule has 1 nitrogen and oxygen atoms in total. The van der Waals surface area contributed by atoms with Crippen LogP contribution >= 0.6 is 15.9 Å². The van der Waals surface area contributed by atoms with Gasteiger partial charge in [-0.3, -0.25) is 0 Å². The van der Waals surface area contributed by atoms with Crippen molar-refractivity contribution in [3.63, 3.8) is 0 Å². The molecule has 0 aromatic heterocycles. The average Bonchev–Trinajstić information content (AvgIpc) is 2.64. The lowest BCUT2D eigenvalue weighted by atomic mass is 10.0. The standard InChI is InChI=1S/C12H15BrO/c1-2-3-11(13)9-4-5-12-10(8-9)6-7-14-12/h4-5,8,11H,2-3,6-7H2,1H3. The van der Waals surface area contributed by atoms with Crippen molar-refractivity contribution in [2.24, 2.45) is 0 Å². The zero-order chi connectivity index (χ0) is 9.97. The lowest BCUT2D eigenvalue weighted by Gasteiger charge is -2.09. The molecule has 0 saturated carbocycles. The Balaban J connectivity index is 2.19. The minimum Gasteiger partial charge on any atom is -0.493 e. The van der Waals surface area contributed by atoms with Crippen LogP contribution in [0, 0.1) is 0 Å². The van der Waals surface area contributed by atoms with Crippen LogP contribution in [0.3, 0.4) is 0 Å². The number of hydrogen-bond donors (Lipinski definition) is 0. The summed E-state index contributed by atoms with van der Waals surface area (Å²) in [7, 11) is 0. The van der Waals surface area contributed by atoms with E-state index in [-0.39, 0.29) is 0 Å². The summed E-state index contributed by atoms with van der Waals surface area (Å²) < 4.78 is 5.48. The van der Waals surface area contributed by atoms with E-state index in [2.05, 4.69) is 41.1 Å². The van der Waals surface area contributed by atoms with Crippen molar-refractivity contribution in [2.75, 3.05) is 6.61 Å². The molecule has 0 spiro atoms. The molecule has 1 atom stereocenters. The Labute approximate surface area is 93.6 Å². The molecule has 1 aromatic rings. The molecule has 76 valence electrons. The van der Waals surface area contributed by atoms with Crippen molar-refractivity contribution in [2.45, 2.75) is 31.0 Å². The largest absolute Gasteiger partial charge is 0.493 e. The topological polar surface area (TPSA) is 9.23 Å². The van der Waals surface area contributed by atoms with Crippen LogP contribution in [0.4, 0.5) is 0 Å². The van der Waals surface area contributed by atoms with E-state index in [4.69, 9.17) is 4.74 Å². The van der Waals surface area contributed by atoms with Gasteiger partial charge in [0.15, 0.2) is 0 Å². The minimum absolute atomic E-state index is 0.499. The van der Waals surface area contributed by atoms with Gasteiger partial charge in [-0.25, -0.2) is 0 Å². The summed E-state index contributed by atoms with van der Waals surface area (Å²) in [6.07, 6.45) is 3.47. The first-order valence-corrected chi connectivity index (χ1v) is 6.12. The summed E-state index contributed by atoms with van der Waals surface area (Å²) in [5.74, 6) is 1.07. The van der Waals surface area contributed by atoms with Gasteiger partial charge in [-0.2, -0.15) is 0 Å². The first kappa shape index (κ1) is 10.0. The minimum atomic E-state index is 0.499. The average molecular weight is 255 g/mol. The fourth-order valence-corrected chi connectivity index (χ4v) is 2.56. The molecule has 0 radical (unpaired) electrons. The maximum absolute atomic E-state index is 5.48. The van der Waals surface area contributed by atoms with E-state index < -0.39 is 0 Å².